The number of aliphatic hydroxyl groups is 1. The quantitative estimate of drug-likeness (QED) is 0.250. The minimum absolute atomic E-state index is 0. The Labute approximate surface area is 273 Å². The number of pyridine rings is 1. The molecular formula is C33H33ClNNaO4S. The van der Waals surface area contributed by atoms with Gasteiger partial charge in [0.1, 0.15) is 12.4 Å². The van der Waals surface area contributed by atoms with E-state index in [0.717, 1.165) is 77.6 Å². The number of ether oxygens (including phenoxy) is 1. The second-order valence-electron chi connectivity index (χ2n) is 10.4. The molecule has 1 aliphatic rings. The van der Waals surface area contributed by atoms with E-state index in [-0.39, 0.29) is 41.2 Å². The van der Waals surface area contributed by atoms with Crippen LogP contribution in [0.3, 0.4) is 0 Å². The smallest absolute Gasteiger partial charge is 0.550 e. The topological polar surface area (TPSA) is 82.5 Å². The van der Waals surface area contributed by atoms with Gasteiger partial charge in [-0.05, 0) is 84.9 Å². The number of carboxylic acid groups (broad SMARTS) is 1. The first-order valence-electron chi connectivity index (χ1n) is 13.8. The third kappa shape index (κ3) is 8.50. The second kappa shape index (κ2) is 14.9. The number of carbonyl (C=O) groups excluding carboxylic acids is 1. The molecule has 0 radical (unpaired) electrons. The normalized spacial score (nSPS) is 14.9. The molecule has 1 heterocycles. The summed E-state index contributed by atoms with van der Waals surface area (Å²) in [6, 6.07) is 25.8. The molecule has 1 N–H and O–H groups in total. The summed E-state index contributed by atoms with van der Waals surface area (Å²) in [4.78, 5) is 15.8. The number of aromatic nitrogens is 1. The molecule has 0 aliphatic heterocycles. The average Bonchev–Trinajstić information content (AvgIpc) is 3.41. The zero-order chi connectivity index (χ0) is 28.0. The summed E-state index contributed by atoms with van der Waals surface area (Å²) in [5, 5.41) is 24.1. The van der Waals surface area contributed by atoms with Gasteiger partial charge >= 0.3 is 29.6 Å². The summed E-state index contributed by atoms with van der Waals surface area (Å²) in [6.07, 6.45) is 5.28. The standard InChI is InChI=1S/C33H34ClNO4S.Na/c34-26-13-10-24-11-14-27(35-30(24)21-26)22-39-28-8-5-7-25(20-28)31(40-19-16-32(36)37)15-12-23-6-1-2-9-29(23)33(38)17-3-4-18-33;/h1-2,5-11,13-14,20-21,31,38H,3-4,12,15-19,22H2,(H,36,37);/q;+1/p-1. The SMILES string of the molecule is O=C([O-])CCSC(CCc1ccccc1C1(O)CCCC1)c1cccc(OCc2ccc3ccc(Cl)cc3n2)c1.[Na+]. The molecule has 5 rings (SSSR count). The molecule has 1 saturated carbocycles. The average molecular weight is 598 g/mol. The summed E-state index contributed by atoms with van der Waals surface area (Å²) in [6.45, 7) is 0.320. The number of hydrogen-bond acceptors (Lipinski definition) is 6. The molecule has 5 nitrogen and oxygen atoms in total. The molecule has 208 valence electrons. The van der Waals surface area contributed by atoms with Crippen molar-refractivity contribution in [1.82, 2.24) is 4.98 Å². The molecule has 0 bridgehead atoms. The van der Waals surface area contributed by atoms with Crippen molar-refractivity contribution in [3.05, 3.63) is 106 Å². The molecule has 1 atom stereocenters. The van der Waals surface area contributed by atoms with Crippen molar-refractivity contribution >= 4 is 40.2 Å². The van der Waals surface area contributed by atoms with E-state index in [0.29, 0.717) is 17.4 Å². The zero-order valence-corrected chi connectivity index (χ0v) is 26.9. The van der Waals surface area contributed by atoms with Gasteiger partial charge in [-0.2, -0.15) is 11.8 Å². The van der Waals surface area contributed by atoms with E-state index >= 15 is 0 Å². The Morgan fingerprint density at radius 2 is 1.83 bits per heavy atom. The third-order valence-corrected chi connectivity index (χ3v) is 9.16. The van der Waals surface area contributed by atoms with Gasteiger partial charge in [0.05, 0.1) is 16.8 Å². The summed E-state index contributed by atoms with van der Waals surface area (Å²) in [5.74, 6) is 0.158. The van der Waals surface area contributed by atoms with E-state index in [1.54, 1.807) is 11.8 Å². The molecule has 0 spiro atoms. The van der Waals surface area contributed by atoms with Crippen LogP contribution in [0, 0.1) is 0 Å². The Morgan fingerprint density at radius 3 is 2.63 bits per heavy atom. The summed E-state index contributed by atoms with van der Waals surface area (Å²) in [7, 11) is 0. The first-order valence-corrected chi connectivity index (χ1v) is 15.2. The maximum atomic E-state index is 11.3. The first kappa shape index (κ1) is 31.9. The van der Waals surface area contributed by atoms with E-state index in [1.165, 1.54) is 0 Å². The number of carbonyl (C=O) groups is 1. The van der Waals surface area contributed by atoms with Crippen LogP contribution in [-0.2, 0) is 23.4 Å². The van der Waals surface area contributed by atoms with Gasteiger partial charge in [0, 0.05) is 21.6 Å². The van der Waals surface area contributed by atoms with Crippen LogP contribution in [0.15, 0.2) is 78.9 Å². The number of hydrogen-bond donors (Lipinski definition) is 1. The van der Waals surface area contributed by atoms with Gasteiger partial charge in [-0.25, -0.2) is 4.98 Å². The molecule has 0 saturated heterocycles. The van der Waals surface area contributed by atoms with E-state index in [2.05, 4.69) is 23.2 Å². The van der Waals surface area contributed by atoms with Gasteiger partial charge in [-0.1, -0.05) is 73.0 Å². The van der Waals surface area contributed by atoms with E-state index in [1.807, 2.05) is 60.7 Å². The number of thioether (sulfide) groups is 1. The predicted octanol–water partition coefficient (Wildman–Crippen LogP) is 3.78. The minimum Gasteiger partial charge on any atom is -0.550 e. The van der Waals surface area contributed by atoms with E-state index in [9.17, 15) is 15.0 Å². The van der Waals surface area contributed by atoms with Crippen LogP contribution in [0.25, 0.3) is 10.9 Å². The molecule has 0 amide bonds. The Hall–Kier alpha value is -2.06. The molecule has 1 aliphatic carbocycles. The van der Waals surface area contributed by atoms with Gasteiger partial charge in [-0.3, -0.25) is 0 Å². The summed E-state index contributed by atoms with van der Waals surface area (Å²) in [5.41, 5.74) is 4.16. The number of halogens is 1. The van der Waals surface area contributed by atoms with Gasteiger partial charge in [0.25, 0.3) is 0 Å². The number of nitrogens with zero attached hydrogens (tertiary/aromatic N) is 1. The predicted molar refractivity (Wildman–Crippen MR) is 159 cm³/mol. The van der Waals surface area contributed by atoms with Crippen LogP contribution >= 0.6 is 23.4 Å². The maximum absolute atomic E-state index is 11.3. The fraction of sp³-hybridized carbons (Fsp3) is 0.333. The zero-order valence-electron chi connectivity index (χ0n) is 23.4. The molecule has 1 fully saturated rings. The summed E-state index contributed by atoms with van der Waals surface area (Å²) >= 11 is 7.76. The van der Waals surface area contributed by atoms with Gasteiger partial charge in [0.15, 0.2) is 0 Å². The van der Waals surface area contributed by atoms with Crippen LogP contribution in [0.5, 0.6) is 5.75 Å². The number of rotatable bonds is 12. The van der Waals surface area contributed by atoms with Crippen molar-refractivity contribution in [2.24, 2.45) is 0 Å². The molecule has 4 aromatic rings. The largest absolute Gasteiger partial charge is 1.00 e. The van der Waals surface area contributed by atoms with Crippen molar-refractivity contribution in [2.75, 3.05) is 5.75 Å². The van der Waals surface area contributed by atoms with Crippen molar-refractivity contribution in [2.45, 2.75) is 62.4 Å². The number of aliphatic carboxylic acids is 1. The molecule has 41 heavy (non-hydrogen) atoms. The Balaban J connectivity index is 0.00000387. The summed E-state index contributed by atoms with van der Waals surface area (Å²) < 4.78 is 6.13. The fourth-order valence-electron chi connectivity index (χ4n) is 5.51. The number of fused-ring (bicyclic) bond motifs is 1. The minimum atomic E-state index is -1.04. The first-order chi connectivity index (χ1) is 19.4. The number of aryl methyl sites for hydroxylation is 1. The van der Waals surface area contributed by atoms with Crippen molar-refractivity contribution in [3.63, 3.8) is 0 Å². The number of carboxylic acids is 1. The molecular weight excluding hydrogens is 565 g/mol. The van der Waals surface area contributed by atoms with Gasteiger partial charge < -0.3 is 19.7 Å². The van der Waals surface area contributed by atoms with Gasteiger partial charge in [0.2, 0.25) is 0 Å². The molecule has 1 aromatic heterocycles. The maximum Gasteiger partial charge on any atom is 1.00 e. The third-order valence-electron chi connectivity index (χ3n) is 7.58. The Morgan fingerprint density at radius 1 is 1.05 bits per heavy atom. The second-order valence-corrected chi connectivity index (χ2v) is 12.2. The van der Waals surface area contributed by atoms with Crippen LogP contribution in [-0.4, -0.2) is 21.8 Å². The van der Waals surface area contributed by atoms with Crippen LogP contribution in [0.2, 0.25) is 5.02 Å². The Kier molecular flexibility index (Phi) is 11.6. The Bertz CT molecular complexity index is 1480. The molecule has 3 aromatic carbocycles. The van der Waals surface area contributed by atoms with Crippen LogP contribution < -0.4 is 39.4 Å². The van der Waals surface area contributed by atoms with Crippen molar-refractivity contribution in [3.8, 4) is 5.75 Å². The van der Waals surface area contributed by atoms with Crippen molar-refractivity contribution < 1.29 is 49.3 Å². The number of benzene rings is 3. The van der Waals surface area contributed by atoms with E-state index in [4.69, 9.17) is 16.3 Å². The van der Waals surface area contributed by atoms with Gasteiger partial charge in [-0.15, -0.1) is 0 Å². The molecule has 8 heteroatoms. The van der Waals surface area contributed by atoms with E-state index < -0.39 is 11.6 Å². The monoisotopic (exact) mass is 597 g/mol. The fourth-order valence-corrected chi connectivity index (χ4v) is 6.87. The van der Waals surface area contributed by atoms with Crippen LogP contribution in [0.1, 0.15) is 66.2 Å². The van der Waals surface area contributed by atoms with Crippen molar-refractivity contribution in [1.29, 1.82) is 0 Å². The van der Waals surface area contributed by atoms with Crippen LogP contribution in [0.4, 0.5) is 0 Å². The molecule has 1 unspecified atom stereocenters.